The number of ether oxygens (including phenoxy) is 6. The van der Waals surface area contributed by atoms with Gasteiger partial charge in [-0.2, -0.15) is 0 Å². The maximum absolute atomic E-state index is 13.3. The van der Waals surface area contributed by atoms with Crippen molar-refractivity contribution in [1.29, 1.82) is 0 Å². The maximum Gasteiger partial charge on any atom is 0.220 e. The zero-order valence-corrected chi connectivity index (χ0v) is 45.9. The molecular formula is C58H99NO18. The van der Waals surface area contributed by atoms with Gasteiger partial charge in [-0.15, -0.1) is 0 Å². The van der Waals surface area contributed by atoms with Crippen LogP contribution in [0.1, 0.15) is 155 Å². The molecule has 17 unspecified atom stereocenters. The lowest BCUT2D eigenvalue weighted by Gasteiger charge is -2.48. The number of carbonyl (C=O) groups is 1. The van der Waals surface area contributed by atoms with Crippen LogP contribution in [-0.4, -0.2) is 193 Å². The molecule has 77 heavy (non-hydrogen) atoms. The highest BCUT2D eigenvalue weighted by Gasteiger charge is 2.53. The Kier molecular flexibility index (Phi) is 36.7. The molecule has 444 valence electrons. The predicted molar refractivity (Wildman–Crippen MR) is 291 cm³/mol. The number of hydrogen-bond donors (Lipinski definition) is 12. The van der Waals surface area contributed by atoms with Crippen LogP contribution in [0.3, 0.4) is 0 Å². The van der Waals surface area contributed by atoms with Crippen LogP contribution in [0.4, 0.5) is 0 Å². The molecule has 0 aliphatic carbocycles. The van der Waals surface area contributed by atoms with E-state index in [4.69, 9.17) is 28.4 Å². The summed E-state index contributed by atoms with van der Waals surface area (Å²) in [4.78, 5) is 13.3. The van der Waals surface area contributed by atoms with Crippen molar-refractivity contribution in [1.82, 2.24) is 5.32 Å². The standard InChI is InChI=1S/C58H99NO18/c1-3-5-7-9-11-13-14-15-16-17-18-19-20-21-22-23-24-25-26-28-30-32-34-36-46(64)59-41(42(63)35-33-31-29-27-12-10-8-6-4-2)40-72-56-52(70)49(67)54(44(38-61)74-56)77-58-53(71)50(68)55(45(39-62)75-58)76-57-51(69)48(66)47(65)43(37-60)73-57/h5,7,11,13,15-16,18-19,21-22,33,35,41-45,47-58,60-63,65-71H,3-4,6,8-10,12,14,17,20,23-32,34,36-40H2,1-2H3,(H,59,64)/b7-5-,13-11-,16-15-,19-18-,22-21-,35-33+. The Bertz CT molecular complexity index is 1690. The number of aliphatic hydroxyl groups is 11. The average molecular weight is 1100 g/mol. The molecule has 3 saturated heterocycles. The van der Waals surface area contributed by atoms with Crippen LogP contribution in [0.5, 0.6) is 0 Å². The van der Waals surface area contributed by atoms with E-state index in [0.29, 0.717) is 6.42 Å². The second-order valence-corrected chi connectivity index (χ2v) is 20.4. The molecule has 0 aromatic carbocycles. The van der Waals surface area contributed by atoms with E-state index >= 15 is 0 Å². The lowest BCUT2D eigenvalue weighted by atomic mass is 9.96. The van der Waals surface area contributed by atoms with Crippen LogP contribution in [0.2, 0.25) is 0 Å². The first-order valence-corrected chi connectivity index (χ1v) is 28.7. The Morgan fingerprint density at radius 1 is 0.481 bits per heavy atom. The van der Waals surface area contributed by atoms with Gasteiger partial charge in [0.05, 0.1) is 38.6 Å². The van der Waals surface area contributed by atoms with Crippen LogP contribution in [-0.2, 0) is 33.2 Å². The van der Waals surface area contributed by atoms with Crippen molar-refractivity contribution < 1.29 is 89.4 Å². The van der Waals surface area contributed by atoms with Crippen LogP contribution >= 0.6 is 0 Å². The minimum Gasteiger partial charge on any atom is -0.394 e. The number of amides is 1. The summed E-state index contributed by atoms with van der Waals surface area (Å²) < 4.78 is 34.1. The molecule has 0 aromatic rings. The SMILES string of the molecule is CC/C=C\C/C=C\C/C=C\C/C=C\C/C=C\CCCCCCCCCC(=O)NC(COC1OC(CO)C(OC2OC(CO)C(OC3OC(CO)C(O)C(O)C3O)C(O)C2O)C(O)C1O)C(O)/C=C/CCCCCCCCC. The molecule has 0 radical (unpaired) electrons. The summed E-state index contributed by atoms with van der Waals surface area (Å²) in [6, 6.07) is -0.980. The van der Waals surface area contributed by atoms with Crippen LogP contribution in [0.25, 0.3) is 0 Å². The van der Waals surface area contributed by atoms with E-state index in [9.17, 15) is 61.0 Å². The molecule has 19 nitrogen and oxygen atoms in total. The number of allylic oxidation sites excluding steroid dienone is 11. The highest BCUT2D eigenvalue weighted by atomic mass is 16.8. The molecule has 3 fully saturated rings. The topological polar surface area (TPSA) is 307 Å². The minimum atomic E-state index is -1.98. The molecule has 0 saturated carbocycles. The molecule has 3 aliphatic heterocycles. The van der Waals surface area contributed by atoms with Gasteiger partial charge in [0, 0.05) is 6.42 Å². The third-order valence-electron chi connectivity index (χ3n) is 14.0. The Morgan fingerprint density at radius 2 is 0.896 bits per heavy atom. The van der Waals surface area contributed by atoms with Gasteiger partial charge in [-0.1, -0.05) is 157 Å². The fourth-order valence-corrected chi connectivity index (χ4v) is 9.27. The van der Waals surface area contributed by atoms with Crippen LogP contribution < -0.4 is 5.32 Å². The smallest absolute Gasteiger partial charge is 0.220 e. The number of carbonyl (C=O) groups excluding carboxylic acids is 1. The number of nitrogens with one attached hydrogen (secondary N) is 1. The fourth-order valence-electron chi connectivity index (χ4n) is 9.27. The van der Waals surface area contributed by atoms with Gasteiger partial charge >= 0.3 is 0 Å². The molecule has 1 amide bonds. The van der Waals surface area contributed by atoms with Gasteiger partial charge < -0.3 is 89.9 Å². The van der Waals surface area contributed by atoms with Crippen LogP contribution in [0.15, 0.2) is 72.9 Å². The minimum absolute atomic E-state index is 0.226. The lowest BCUT2D eigenvalue weighted by Crippen LogP contribution is -2.66. The number of hydrogen-bond acceptors (Lipinski definition) is 18. The van der Waals surface area contributed by atoms with Crippen molar-refractivity contribution >= 4 is 5.91 Å². The highest BCUT2D eigenvalue weighted by molar-refractivity contribution is 5.76. The van der Waals surface area contributed by atoms with Crippen molar-refractivity contribution in [2.24, 2.45) is 0 Å². The normalized spacial score (nSPS) is 31.3. The molecule has 3 heterocycles. The maximum atomic E-state index is 13.3. The molecular weight excluding hydrogens is 999 g/mol. The van der Waals surface area contributed by atoms with Gasteiger partial charge in [-0.05, 0) is 64.2 Å². The summed E-state index contributed by atoms with van der Waals surface area (Å²) in [6.45, 7) is 1.53. The average Bonchev–Trinajstić information content (AvgIpc) is 3.43. The van der Waals surface area contributed by atoms with E-state index in [1.165, 1.54) is 25.7 Å². The molecule has 0 aromatic heterocycles. The molecule has 0 spiro atoms. The summed E-state index contributed by atoms with van der Waals surface area (Å²) in [5, 5.41) is 120. The highest BCUT2D eigenvalue weighted by Crippen LogP contribution is 2.33. The molecule has 3 rings (SSSR count). The second-order valence-electron chi connectivity index (χ2n) is 20.4. The zero-order valence-electron chi connectivity index (χ0n) is 45.9. The first kappa shape index (κ1) is 68.5. The third-order valence-corrected chi connectivity index (χ3v) is 14.0. The largest absolute Gasteiger partial charge is 0.394 e. The second kappa shape index (κ2) is 41.3. The molecule has 3 aliphatic rings. The van der Waals surface area contributed by atoms with E-state index in [-0.39, 0.29) is 18.9 Å². The quantitative estimate of drug-likeness (QED) is 0.0301. The number of unbranched alkanes of at least 4 members (excludes halogenated alkanes) is 14. The Labute approximate surface area is 458 Å². The summed E-state index contributed by atoms with van der Waals surface area (Å²) in [5.74, 6) is -0.294. The molecule has 17 atom stereocenters. The Morgan fingerprint density at radius 3 is 1.40 bits per heavy atom. The summed E-state index contributed by atoms with van der Waals surface area (Å²) in [5.41, 5.74) is 0. The molecule has 0 bridgehead atoms. The van der Waals surface area contributed by atoms with E-state index in [0.717, 1.165) is 103 Å². The van der Waals surface area contributed by atoms with Gasteiger partial charge in [0.15, 0.2) is 18.9 Å². The van der Waals surface area contributed by atoms with E-state index < -0.39 is 124 Å². The van der Waals surface area contributed by atoms with Crippen molar-refractivity contribution in [3.8, 4) is 0 Å². The van der Waals surface area contributed by atoms with Crippen LogP contribution in [0, 0.1) is 0 Å². The summed E-state index contributed by atoms with van der Waals surface area (Å²) in [7, 11) is 0. The molecule has 12 N–H and O–H groups in total. The van der Waals surface area contributed by atoms with Gasteiger partial charge in [0.2, 0.25) is 5.91 Å². The van der Waals surface area contributed by atoms with Crippen molar-refractivity contribution in [2.45, 2.75) is 259 Å². The first-order valence-electron chi connectivity index (χ1n) is 28.7. The van der Waals surface area contributed by atoms with Gasteiger partial charge in [-0.25, -0.2) is 0 Å². The predicted octanol–water partition coefficient (Wildman–Crippen LogP) is 4.26. The number of aliphatic hydroxyl groups excluding tert-OH is 11. The number of rotatable bonds is 40. The Balaban J connectivity index is 1.47. The summed E-state index contributed by atoms with van der Waals surface area (Å²) >= 11 is 0. The van der Waals surface area contributed by atoms with E-state index in [1.807, 2.05) is 6.08 Å². The van der Waals surface area contributed by atoms with E-state index in [2.05, 4.69) is 79.9 Å². The third kappa shape index (κ3) is 25.7. The summed E-state index contributed by atoms with van der Waals surface area (Å²) in [6.07, 6.45) is 20.5. The van der Waals surface area contributed by atoms with Crippen molar-refractivity contribution in [2.75, 3.05) is 26.4 Å². The molecule has 19 heteroatoms. The van der Waals surface area contributed by atoms with Gasteiger partial charge in [-0.3, -0.25) is 4.79 Å². The van der Waals surface area contributed by atoms with Crippen molar-refractivity contribution in [3.05, 3.63) is 72.9 Å². The van der Waals surface area contributed by atoms with Gasteiger partial charge in [0.1, 0.15) is 73.2 Å². The van der Waals surface area contributed by atoms with Gasteiger partial charge in [0.25, 0.3) is 0 Å². The Hall–Kier alpha value is -2.77. The lowest BCUT2D eigenvalue weighted by molar-refractivity contribution is -0.379. The fraction of sp³-hybridized carbons (Fsp3) is 0.776. The first-order chi connectivity index (χ1) is 37.3. The zero-order chi connectivity index (χ0) is 56.2. The monoisotopic (exact) mass is 1100 g/mol. The van der Waals surface area contributed by atoms with Crippen molar-refractivity contribution in [3.63, 3.8) is 0 Å². The van der Waals surface area contributed by atoms with E-state index in [1.54, 1.807) is 6.08 Å².